The van der Waals surface area contributed by atoms with Crippen LogP contribution in [0.15, 0.2) is 35.7 Å². The summed E-state index contributed by atoms with van der Waals surface area (Å²) in [6.07, 6.45) is 2.03. The third kappa shape index (κ3) is 4.34. The van der Waals surface area contributed by atoms with E-state index in [-0.39, 0.29) is 17.7 Å². The summed E-state index contributed by atoms with van der Waals surface area (Å²) in [6, 6.07) is 10.3. The van der Waals surface area contributed by atoms with E-state index in [1.54, 1.807) is 22.7 Å². The van der Waals surface area contributed by atoms with E-state index in [0.717, 1.165) is 46.6 Å². The van der Waals surface area contributed by atoms with Gasteiger partial charge in [-0.2, -0.15) is 0 Å². The number of hydrogen-bond acceptors (Lipinski definition) is 7. The third-order valence-corrected chi connectivity index (χ3v) is 8.74. The molecule has 0 aliphatic carbocycles. The Morgan fingerprint density at radius 2 is 1.76 bits per heavy atom. The van der Waals surface area contributed by atoms with Crippen LogP contribution in [-0.4, -0.2) is 59.6 Å². The maximum atomic E-state index is 13.3. The predicted molar refractivity (Wildman–Crippen MR) is 138 cm³/mol. The van der Waals surface area contributed by atoms with Crippen molar-refractivity contribution in [1.29, 1.82) is 0 Å². The van der Waals surface area contributed by atoms with E-state index >= 15 is 0 Å². The molecule has 1 unspecified atom stereocenters. The molecule has 0 N–H and O–H groups in total. The minimum Gasteiger partial charge on any atom is -0.343 e. The van der Waals surface area contributed by atoms with Crippen LogP contribution in [0.4, 0.5) is 10.8 Å². The number of aryl methyl sites for hydroxylation is 2. The Kier molecular flexibility index (Phi) is 6.65. The molecular weight excluding hydrogens is 466 g/mol. The molecule has 0 spiro atoms. The highest BCUT2D eigenvalue weighted by molar-refractivity contribution is 7.22. The zero-order valence-corrected chi connectivity index (χ0v) is 21.2. The number of para-hydroxylation sites is 1. The molecule has 2 amide bonds. The second-order valence-corrected chi connectivity index (χ2v) is 10.6. The van der Waals surface area contributed by atoms with Gasteiger partial charge < -0.3 is 14.7 Å². The summed E-state index contributed by atoms with van der Waals surface area (Å²) in [5.41, 5.74) is 3.37. The van der Waals surface area contributed by atoms with E-state index in [2.05, 4.69) is 53.2 Å². The number of benzene rings is 1. The van der Waals surface area contributed by atoms with Gasteiger partial charge in [-0.3, -0.25) is 9.59 Å². The Morgan fingerprint density at radius 1 is 1.03 bits per heavy atom. The fourth-order valence-electron chi connectivity index (χ4n) is 4.87. The van der Waals surface area contributed by atoms with Crippen LogP contribution in [0.2, 0.25) is 0 Å². The largest absolute Gasteiger partial charge is 0.343 e. The Bertz CT molecular complexity index is 1150. The lowest BCUT2D eigenvalue weighted by atomic mass is 10.0. The molecule has 2 aliphatic heterocycles. The standard InChI is InChI=1S/C25H29N5O2S2/c1-3-17-7-5-8-18(4-2)22(17)30-16-19(15-21(30)31)24(32)28-10-12-29(13-11-28)25-27-26-23(34-25)20-9-6-14-33-20/h5-9,14,19H,3-4,10-13,15-16H2,1-2H3. The van der Waals surface area contributed by atoms with Gasteiger partial charge in [-0.25, -0.2) is 0 Å². The van der Waals surface area contributed by atoms with E-state index < -0.39 is 0 Å². The maximum absolute atomic E-state index is 13.3. The van der Waals surface area contributed by atoms with Crippen LogP contribution in [0.5, 0.6) is 0 Å². The summed E-state index contributed by atoms with van der Waals surface area (Å²) < 4.78 is 0. The average molecular weight is 496 g/mol. The Morgan fingerprint density at radius 3 is 2.41 bits per heavy atom. The van der Waals surface area contributed by atoms with Gasteiger partial charge in [0.05, 0.1) is 10.8 Å². The lowest BCUT2D eigenvalue weighted by Crippen LogP contribution is -2.50. The zero-order valence-electron chi connectivity index (χ0n) is 19.6. The summed E-state index contributed by atoms with van der Waals surface area (Å²) in [7, 11) is 0. The summed E-state index contributed by atoms with van der Waals surface area (Å²) in [5.74, 6) is -0.123. The van der Waals surface area contributed by atoms with Gasteiger partial charge in [0.15, 0.2) is 5.01 Å². The summed E-state index contributed by atoms with van der Waals surface area (Å²) in [6.45, 7) is 7.45. The molecule has 2 aromatic heterocycles. The SMILES string of the molecule is CCc1cccc(CC)c1N1CC(C(=O)N2CCN(c3nnc(-c4cccs4)s3)CC2)CC1=O. The number of rotatable bonds is 6. The highest BCUT2D eigenvalue weighted by Gasteiger charge is 2.39. The highest BCUT2D eigenvalue weighted by atomic mass is 32.1. The van der Waals surface area contributed by atoms with E-state index in [4.69, 9.17) is 0 Å². The molecule has 2 fully saturated rings. The Hall–Kier alpha value is -2.78. The molecular formula is C25H29N5O2S2. The van der Waals surface area contributed by atoms with Crippen molar-refractivity contribution in [2.24, 2.45) is 5.92 Å². The second kappa shape index (κ2) is 9.84. The number of carbonyl (C=O) groups excluding carboxylic acids is 2. The van der Waals surface area contributed by atoms with Crippen LogP contribution >= 0.6 is 22.7 Å². The van der Waals surface area contributed by atoms with E-state index in [9.17, 15) is 9.59 Å². The summed E-state index contributed by atoms with van der Waals surface area (Å²) in [4.78, 5) is 33.4. The fraction of sp³-hybridized carbons (Fsp3) is 0.440. The van der Waals surface area contributed by atoms with Gasteiger partial charge in [0.1, 0.15) is 0 Å². The lowest BCUT2D eigenvalue weighted by molar-refractivity contribution is -0.136. The first kappa shape index (κ1) is 23.0. The first-order valence-electron chi connectivity index (χ1n) is 11.9. The predicted octanol–water partition coefficient (Wildman–Crippen LogP) is 4.09. The molecule has 0 saturated carbocycles. The molecule has 0 radical (unpaired) electrons. The van der Waals surface area contributed by atoms with E-state index in [0.29, 0.717) is 26.1 Å². The molecule has 5 rings (SSSR count). The number of nitrogens with zero attached hydrogens (tertiary/aromatic N) is 5. The van der Waals surface area contributed by atoms with Gasteiger partial charge in [-0.1, -0.05) is 49.4 Å². The second-order valence-electron chi connectivity index (χ2n) is 8.72. The third-order valence-electron chi connectivity index (χ3n) is 6.72. The molecule has 9 heteroatoms. The number of aromatic nitrogens is 2. The topological polar surface area (TPSA) is 69.6 Å². The molecule has 2 aliphatic rings. The molecule has 3 aromatic rings. The van der Waals surface area contributed by atoms with Gasteiger partial charge in [-0.05, 0) is 35.4 Å². The fourth-order valence-corrected chi connectivity index (χ4v) is 6.56. The van der Waals surface area contributed by atoms with Crippen LogP contribution in [0.1, 0.15) is 31.4 Å². The number of hydrogen-bond donors (Lipinski definition) is 0. The first-order valence-corrected chi connectivity index (χ1v) is 13.6. The van der Waals surface area contributed by atoms with Crippen molar-refractivity contribution in [3.63, 3.8) is 0 Å². The minimum absolute atomic E-state index is 0.0579. The van der Waals surface area contributed by atoms with Crippen LogP contribution in [-0.2, 0) is 22.4 Å². The molecule has 1 aromatic carbocycles. The number of thiophene rings is 1. The van der Waals surface area contributed by atoms with E-state index in [1.165, 1.54) is 11.1 Å². The number of anilines is 2. The van der Waals surface area contributed by atoms with E-state index in [1.807, 2.05) is 21.2 Å². The van der Waals surface area contributed by atoms with Crippen molar-refractivity contribution in [2.45, 2.75) is 33.1 Å². The number of amides is 2. The number of piperazine rings is 1. The van der Waals surface area contributed by atoms with Crippen molar-refractivity contribution in [3.05, 3.63) is 46.8 Å². The zero-order chi connectivity index (χ0) is 23.7. The first-order chi connectivity index (χ1) is 16.6. The quantitative estimate of drug-likeness (QED) is 0.515. The summed E-state index contributed by atoms with van der Waals surface area (Å²) >= 11 is 3.26. The van der Waals surface area contributed by atoms with Crippen LogP contribution in [0.3, 0.4) is 0 Å². The molecule has 1 atom stereocenters. The lowest BCUT2D eigenvalue weighted by Gasteiger charge is -2.35. The normalized spacial score (nSPS) is 18.7. The smallest absolute Gasteiger partial charge is 0.228 e. The molecule has 4 heterocycles. The van der Waals surface area contributed by atoms with Crippen LogP contribution in [0.25, 0.3) is 9.88 Å². The van der Waals surface area contributed by atoms with Gasteiger partial charge in [0.2, 0.25) is 16.9 Å². The molecule has 7 nitrogen and oxygen atoms in total. The molecule has 2 saturated heterocycles. The van der Waals surface area contributed by atoms with Gasteiger partial charge in [0.25, 0.3) is 0 Å². The minimum atomic E-state index is -0.277. The van der Waals surface area contributed by atoms with Crippen molar-refractivity contribution >= 4 is 45.3 Å². The molecule has 0 bridgehead atoms. The molecule has 178 valence electrons. The van der Waals surface area contributed by atoms with Gasteiger partial charge in [0, 0.05) is 44.8 Å². The Balaban J connectivity index is 1.23. The Labute approximate surface area is 208 Å². The average Bonchev–Trinajstić information content (AvgIpc) is 3.64. The van der Waals surface area contributed by atoms with Crippen LogP contribution < -0.4 is 9.80 Å². The van der Waals surface area contributed by atoms with Crippen LogP contribution in [0, 0.1) is 5.92 Å². The number of carbonyl (C=O) groups is 2. The molecule has 34 heavy (non-hydrogen) atoms. The monoisotopic (exact) mass is 495 g/mol. The maximum Gasteiger partial charge on any atom is 0.228 e. The highest BCUT2D eigenvalue weighted by Crippen LogP contribution is 2.34. The summed E-state index contributed by atoms with van der Waals surface area (Å²) in [5, 5.41) is 12.6. The van der Waals surface area contributed by atoms with Crippen molar-refractivity contribution in [2.75, 3.05) is 42.5 Å². The van der Waals surface area contributed by atoms with Crippen molar-refractivity contribution < 1.29 is 9.59 Å². The van der Waals surface area contributed by atoms with Gasteiger partial charge >= 0.3 is 0 Å². The van der Waals surface area contributed by atoms with Crippen molar-refractivity contribution in [3.8, 4) is 9.88 Å². The van der Waals surface area contributed by atoms with Crippen molar-refractivity contribution in [1.82, 2.24) is 15.1 Å². The van der Waals surface area contributed by atoms with Gasteiger partial charge in [-0.15, -0.1) is 21.5 Å².